The van der Waals surface area contributed by atoms with Crippen molar-refractivity contribution in [3.8, 4) is 0 Å². The summed E-state index contributed by atoms with van der Waals surface area (Å²) in [6, 6.07) is -1.12. The molecule has 0 radical (unpaired) electrons. The van der Waals surface area contributed by atoms with E-state index in [9.17, 15) is 9.59 Å². The molecule has 2 amide bonds. The SMILES string of the molecule is CC(C)CC(C(=O)O)N(C)C(=O)NCCN(C)C. The van der Waals surface area contributed by atoms with Crippen molar-refractivity contribution < 1.29 is 14.7 Å². The zero-order chi connectivity index (χ0) is 14.3. The van der Waals surface area contributed by atoms with Crippen molar-refractivity contribution in [2.24, 2.45) is 5.92 Å². The summed E-state index contributed by atoms with van der Waals surface area (Å²) in [4.78, 5) is 26.1. The lowest BCUT2D eigenvalue weighted by Crippen LogP contribution is -2.48. The second kappa shape index (κ2) is 7.92. The van der Waals surface area contributed by atoms with Gasteiger partial charge in [-0.2, -0.15) is 0 Å². The number of urea groups is 1. The monoisotopic (exact) mass is 259 g/mol. The largest absolute Gasteiger partial charge is 0.480 e. The Morgan fingerprint density at radius 1 is 1.22 bits per heavy atom. The summed E-state index contributed by atoms with van der Waals surface area (Å²) in [6.45, 7) is 5.10. The lowest BCUT2D eigenvalue weighted by atomic mass is 10.0. The number of aliphatic carboxylic acids is 1. The first-order valence-corrected chi connectivity index (χ1v) is 6.13. The van der Waals surface area contributed by atoms with Crippen LogP contribution in [-0.4, -0.2) is 67.2 Å². The van der Waals surface area contributed by atoms with E-state index in [1.165, 1.54) is 11.9 Å². The molecular formula is C12H25N3O3. The quantitative estimate of drug-likeness (QED) is 0.705. The molecular weight excluding hydrogens is 234 g/mol. The number of carboxylic acid groups (broad SMARTS) is 1. The lowest BCUT2D eigenvalue weighted by Gasteiger charge is -2.26. The van der Waals surface area contributed by atoms with Crippen LogP contribution in [0, 0.1) is 5.92 Å². The molecule has 0 aromatic heterocycles. The van der Waals surface area contributed by atoms with E-state index in [4.69, 9.17) is 5.11 Å². The van der Waals surface area contributed by atoms with Crippen LogP contribution in [0.4, 0.5) is 4.79 Å². The number of carbonyl (C=O) groups excluding carboxylic acids is 1. The van der Waals surface area contributed by atoms with Crippen LogP contribution in [0.2, 0.25) is 0 Å². The van der Waals surface area contributed by atoms with Gasteiger partial charge in [-0.15, -0.1) is 0 Å². The Kier molecular flexibility index (Phi) is 7.35. The van der Waals surface area contributed by atoms with Gasteiger partial charge in [-0.25, -0.2) is 9.59 Å². The van der Waals surface area contributed by atoms with Gasteiger partial charge in [0, 0.05) is 20.1 Å². The lowest BCUT2D eigenvalue weighted by molar-refractivity contribution is -0.142. The van der Waals surface area contributed by atoms with E-state index in [2.05, 4.69) is 5.32 Å². The van der Waals surface area contributed by atoms with Gasteiger partial charge in [0.15, 0.2) is 0 Å². The molecule has 0 aliphatic heterocycles. The van der Waals surface area contributed by atoms with Gasteiger partial charge in [0.1, 0.15) is 6.04 Å². The highest BCUT2D eigenvalue weighted by Crippen LogP contribution is 2.10. The number of likely N-dealkylation sites (N-methyl/N-ethyl adjacent to an activating group) is 2. The van der Waals surface area contributed by atoms with Crippen LogP contribution in [0.15, 0.2) is 0 Å². The van der Waals surface area contributed by atoms with Gasteiger partial charge in [0.05, 0.1) is 0 Å². The van der Waals surface area contributed by atoms with Gasteiger partial charge >= 0.3 is 12.0 Å². The predicted octanol–water partition coefficient (Wildman–Crippen LogP) is 0.689. The molecule has 0 aromatic carbocycles. The molecule has 0 aromatic rings. The highest BCUT2D eigenvalue weighted by molar-refractivity contribution is 5.82. The summed E-state index contributed by atoms with van der Waals surface area (Å²) >= 11 is 0. The minimum absolute atomic E-state index is 0.225. The van der Waals surface area contributed by atoms with E-state index >= 15 is 0 Å². The fourth-order valence-electron chi connectivity index (χ4n) is 1.52. The predicted molar refractivity (Wildman–Crippen MR) is 70.6 cm³/mol. The number of rotatable bonds is 7. The molecule has 0 saturated heterocycles. The molecule has 0 bridgehead atoms. The molecule has 0 fully saturated rings. The van der Waals surface area contributed by atoms with Crippen LogP contribution in [-0.2, 0) is 4.79 Å². The Hall–Kier alpha value is -1.30. The van der Waals surface area contributed by atoms with Crippen molar-refractivity contribution in [2.75, 3.05) is 34.2 Å². The summed E-state index contributed by atoms with van der Waals surface area (Å²) in [7, 11) is 5.34. The standard InChI is InChI=1S/C12H25N3O3/c1-9(2)8-10(11(16)17)15(5)12(18)13-6-7-14(3)4/h9-10H,6-8H2,1-5H3,(H,13,18)(H,16,17). The summed E-state index contributed by atoms with van der Waals surface area (Å²) in [6.07, 6.45) is 0.451. The number of amides is 2. The fourth-order valence-corrected chi connectivity index (χ4v) is 1.52. The van der Waals surface area contributed by atoms with Gasteiger partial charge in [-0.3, -0.25) is 0 Å². The van der Waals surface area contributed by atoms with Crippen molar-refractivity contribution in [2.45, 2.75) is 26.3 Å². The van der Waals surface area contributed by atoms with E-state index in [0.717, 1.165) is 6.54 Å². The third kappa shape index (κ3) is 6.44. The van der Waals surface area contributed by atoms with E-state index in [-0.39, 0.29) is 11.9 Å². The highest BCUT2D eigenvalue weighted by atomic mass is 16.4. The first-order chi connectivity index (χ1) is 8.25. The maximum Gasteiger partial charge on any atom is 0.326 e. The maximum atomic E-state index is 11.8. The minimum Gasteiger partial charge on any atom is -0.480 e. The zero-order valence-corrected chi connectivity index (χ0v) is 11.9. The maximum absolute atomic E-state index is 11.8. The molecule has 0 spiro atoms. The first kappa shape index (κ1) is 16.7. The molecule has 106 valence electrons. The molecule has 18 heavy (non-hydrogen) atoms. The van der Waals surface area contributed by atoms with Crippen LogP contribution in [0.25, 0.3) is 0 Å². The number of nitrogens with zero attached hydrogens (tertiary/aromatic N) is 2. The van der Waals surface area contributed by atoms with E-state index < -0.39 is 12.0 Å². The van der Waals surface area contributed by atoms with Crippen LogP contribution in [0.5, 0.6) is 0 Å². The van der Waals surface area contributed by atoms with Crippen molar-refractivity contribution in [3.63, 3.8) is 0 Å². The number of hydrogen-bond acceptors (Lipinski definition) is 3. The Morgan fingerprint density at radius 2 is 1.78 bits per heavy atom. The molecule has 0 heterocycles. The molecule has 6 nitrogen and oxygen atoms in total. The van der Waals surface area contributed by atoms with Gasteiger partial charge in [0.2, 0.25) is 0 Å². The Morgan fingerprint density at radius 3 is 2.17 bits per heavy atom. The number of hydrogen-bond donors (Lipinski definition) is 2. The second-order valence-electron chi connectivity index (χ2n) is 5.13. The van der Waals surface area contributed by atoms with Gasteiger partial charge in [0.25, 0.3) is 0 Å². The van der Waals surface area contributed by atoms with Gasteiger partial charge in [-0.05, 0) is 26.4 Å². The summed E-state index contributed by atoms with van der Waals surface area (Å²) in [5.41, 5.74) is 0. The minimum atomic E-state index is -0.964. The summed E-state index contributed by atoms with van der Waals surface area (Å²) in [5.74, 6) is -0.739. The third-order valence-corrected chi connectivity index (χ3v) is 2.60. The van der Waals surface area contributed by atoms with E-state index in [0.29, 0.717) is 13.0 Å². The average molecular weight is 259 g/mol. The molecule has 2 N–H and O–H groups in total. The van der Waals surface area contributed by atoms with Crippen LogP contribution < -0.4 is 5.32 Å². The summed E-state index contributed by atoms with van der Waals surface area (Å²) < 4.78 is 0. The molecule has 1 unspecified atom stereocenters. The molecule has 0 saturated carbocycles. The third-order valence-electron chi connectivity index (χ3n) is 2.60. The van der Waals surface area contributed by atoms with Crippen LogP contribution >= 0.6 is 0 Å². The topological polar surface area (TPSA) is 72.9 Å². The van der Waals surface area contributed by atoms with Crippen LogP contribution in [0.3, 0.4) is 0 Å². The average Bonchev–Trinajstić information content (AvgIpc) is 2.23. The molecule has 0 rings (SSSR count). The zero-order valence-electron chi connectivity index (χ0n) is 11.9. The van der Waals surface area contributed by atoms with Crippen LogP contribution in [0.1, 0.15) is 20.3 Å². The first-order valence-electron chi connectivity index (χ1n) is 6.13. The van der Waals surface area contributed by atoms with Crippen molar-refractivity contribution in [3.05, 3.63) is 0 Å². The van der Waals surface area contributed by atoms with Crippen molar-refractivity contribution in [1.82, 2.24) is 15.1 Å². The normalized spacial score (nSPS) is 12.6. The molecule has 6 heteroatoms. The second-order valence-corrected chi connectivity index (χ2v) is 5.13. The number of carbonyl (C=O) groups is 2. The Balaban J connectivity index is 4.34. The fraction of sp³-hybridized carbons (Fsp3) is 0.833. The molecule has 0 aliphatic rings. The van der Waals surface area contributed by atoms with E-state index in [1.54, 1.807) is 0 Å². The Bertz CT molecular complexity index is 280. The number of nitrogens with one attached hydrogen (secondary N) is 1. The number of carboxylic acids is 1. The Labute approximate surface area is 109 Å². The smallest absolute Gasteiger partial charge is 0.326 e. The highest BCUT2D eigenvalue weighted by Gasteiger charge is 2.26. The van der Waals surface area contributed by atoms with Gasteiger partial charge in [-0.1, -0.05) is 13.8 Å². The van der Waals surface area contributed by atoms with E-state index in [1.807, 2.05) is 32.8 Å². The van der Waals surface area contributed by atoms with Crippen molar-refractivity contribution in [1.29, 1.82) is 0 Å². The van der Waals surface area contributed by atoms with Crippen molar-refractivity contribution >= 4 is 12.0 Å². The van der Waals surface area contributed by atoms with Gasteiger partial charge < -0.3 is 20.2 Å². The summed E-state index contributed by atoms with van der Waals surface area (Å²) in [5, 5.41) is 11.8. The molecule has 0 aliphatic carbocycles. The molecule has 1 atom stereocenters.